The second-order valence-corrected chi connectivity index (χ2v) is 11.8. The van der Waals surface area contributed by atoms with Gasteiger partial charge in [0.25, 0.3) is 0 Å². The van der Waals surface area contributed by atoms with E-state index >= 15 is 0 Å². The van der Waals surface area contributed by atoms with Gasteiger partial charge in [0, 0.05) is 28.4 Å². The van der Waals surface area contributed by atoms with E-state index in [1.54, 1.807) is 12.1 Å². The van der Waals surface area contributed by atoms with Gasteiger partial charge in [-0.1, -0.05) is 67.0 Å². The molecular formula is C29H30ClN3O2S. The summed E-state index contributed by atoms with van der Waals surface area (Å²) in [5.41, 5.74) is 6.58. The molecule has 1 amide bonds. The summed E-state index contributed by atoms with van der Waals surface area (Å²) < 4.78 is 0. The molecule has 1 heterocycles. The van der Waals surface area contributed by atoms with E-state index < -0.39 is 5.92 Å². The molecular weight excluding hydrogens is 490 g/mol. The molecule has 0 spiro atoms. The minimum atomic E-state index is -0.487. The molecule has 0 saturated carbocycles. The van der Waals surface area contributed by atoms with Crippen LogP contribution in [0.4, 0.5) is 5.69 Å². The van der Waals surface area contributed by atoms with Crippen molar-refractivity contribution in [2.75, 3.05) is 11.1 Å². The second kappa shape index (κ2) is 10.2. The number of Topliss-reactive ketones (excluding diaryl/α,β-unsaturated/α-hetero) is 1. The summed E-state index contributed by atoms with van der Waals surface area (Å²) in [5.74, 6) is -0.453. The molecule has 0 bridgehead atoms. The van der Waals surface area contributed by atoms with Gasteiger partial charge in [0.15, 0.2) is 5.78 Å². The van der Waals surface area contributed by atoms with Gasteiger partial charge in [0.1, 0.15) is 0 Å². The van der Waals surface area contributed by atoms with Crippen LogP contribution in [0.5, 0.6) is 0 Å². The number of nitriles is 1. The largest absolute Gasteiger partial charge is 0.352 e. The van der Waals surface area contributed by atoms with Gasteiger partial charge in [-0.3, -0.25) is 9.59 Å². The molecule has 4 rings (SSSR count). The van der Waals surface area contributed by atoms with Crippen LogP contribution in [-0.4, -0.2) is 17.4 Å². The highest BCUT2D eigenvalue weighted by molar-refractivity contribution is 8.03. The van der Waals surface area contributed by atoms with Crippen molar-refractivity contribution >= 4 is 40.7 Å². The molecule has 0 radical (unpaired) electrons. The molecule has 1 atom stereocenters. The number of carbonyl (C=O) groups excluding carboxylic acids is 2. The number of nitrogens with one attached hydrogen (secondary N) is 2. The van der Waals surface area contributed by atoms with Crippen LogP contribution >= 0.6 is 23.4 Å². The molecule has 0 unspecified atom stereocenters. The van der Waals surface area contributed by atoms with E-state index in [-0.39, 0.29) is 22.9 Å². The third-order valence-corrected chi connectivity index (χ3v) is 7.89. The predicted molar refractivity (Wildman–Crippen MR) is 147 cm³/mol. The lowest BCUT2D eigenvalue weighted by Gasteiger charge is -2.39. The number of aryl methyl sites for hydroxylation is 3. The Morgan fingerprint density at radius 3 is 2.42 bits per heavy atom. The number of dihydropyridines is 1. The third-order valence-electron chi connectivity index (χ3n) is 6.62. The molecule has 2 aromatic rings. The van der Waals surface area contributed by atoms with E-state index in [9.17, 15) is 14.9 Å². The SMILES string of the molecule is Cc1cc(C)c(NC(=O)CSC2=C(C#N)[C@H](c3ccc(Cl)cc3)C3=C(CC(C)(C)CC3=O)N2)c(C)c1. The second-order valence-electron chi connectivity index (χ2n) is 10.4. The molecule has 36 heavy (non-hydrogen) atoms. The molecule has 7 heteroatoms. The molecule has 0 saturated heterocycles. The maximum absolute atomic E-state index is 13.3. The Hall–Kier alpha value is -3.01. The number of allylic oxidation sites excluding steroid dienone is 3. The summed E-state index contributed by atoms with van der Waals surface area (Å²) in [6, 6.07) is 13.7. The van der Waals surface area contributed by atoms with Crippen molar-refractivity contribution in [3.8, 4) is 6.07 Å². The quantitative estimate of drug-likeness (QED) is 0.459. The maximum Gasteiger partial charge on any atom is 0.234 e. The number of thioether (sulfide) groups is 1. The Labute approximate surface area is 222 Å². The van der Waals surface area contributed by atoms with Crippen molar-refractivity contribution in [3.05, 3.63) is 85.5 Å². The van der Waals surface area contributed by atoms with Crippen molar-refractivity contribution in [2.24, 2.45) is 5.41 Å². The molecule has 2 aromatic carbocycles. The first-order valence-electron chi connectivity index (χ1n) is 11.9. The highest BCUT2D eigenvalue weighted by Gasteiger charge is 2.42. The topological polar surface area (TPSA) is 82.0 Å². The molecule has 0 fully saturated rings. The average molecular weight is 520 g/mol. The summed E-state index contributed by atoms with van der Waals surface area (Å²) in [6.07, 6.45) is 1.12. The van der Waals surface area contributed by atoms with Gasteiger partial charge in [-0.05, 0) is 61.4 Å². The Balaban J connectivity index is 1.65. The number of anilines is 1. The minimum absolute atomic E-state index is 0.0496. The van der Waals surface area contributed by atoms with Crippen LogP contribution in [-0.2, 0) is 9.59 Å². The summed E-state index contributed by atoms with van der Waals surface area (Å²) in [6.45, 7) is 10.1. The lowest BCUT2D eigenvalue weighted by molar-refractivity contribution is -0.118. The van der Waals surface area contributed by atoms with E-state index in [1.807, 2.05) is 45.0 Å². The first kappa shape index (κ1) is 26.1. The van der Waals surface area contributed by atoms with Crippen molar-refractivity contribution < 1.29 is 9.59 Å². The zero-order valence-electron chi connectivity index (χ0n) is 21.2. The van der Waals surface area contributed by atoms with Crippen LogP contribution in [0.1, 0.15) is 54.9 Å². The number of hydrogen-bond donors (Lipinski definition) is 2. The fraction of sp³-hybridized carbons (Fsp3) is 0.345. The standard InChI is InChI=1S/C29H30ClN3O2S/c1-16-10-17(2)27(18(3)11-16)33-24(35)15-36-28-21(14-31)25(19-6-8-20(30)9-7-19)26-22(32-28)12-29(4,5)13-23(26)34/h6-11,25,32H,12-13,15H2,1-5H3,(H,33,35)/t25-/m0/s1. The van der Waals surface area contributed by atoms with Crippen LogP contribution in [0, 0.1) is 37.5 Å². The number of benzene rings is 2. The van der Waals surface area contributed by atoms with Crippen LogP contribution < -0.4 is 10.6 Å². The first-order chi connectivity index (χ1) is 17.0. The van der Waals surface area contributed by atoms with E-state index in [1.165, 1.54) is 11.8 Å². The highest BCUT2D eigenvalue weighted by Crippen LogP contribution is 2.48. The van der Waals surface area contributed by atoms with Crippen molar-refractivity contribution in [1.82, 2.24) is 5.32 Å². The van der Waals surface area contributed by atoms with Gasteiger partial charge in [0.05, 0.1) is 28.3 Å². The third kappa shape index (κ3) is 5.38. The van der Waals surface area contributed by atoms with E-state index in [2.05, 4.69) is 30.6 Å². The van der Waals surface area contributed by atoms with Gasteiger partial charge < -0.3 is 10.6 Å². The van der Waals surface area contributed by atoms with Crippen molar-refractivity contribution in [1.29, 1.82) is 5.26 Å². The Bertz CT molecular complexity index is 1330. The van der Waals surface area contributed by atoms with Gasteiger partial charge >= 0.3 is 0 Å². The molecule has 2 N–H and O–H groups in total. The Morgan fingerprint density at radius 2 is 1.81 bits per heavy atom. The molecule has 0 aromatic heterocycles. The smallest absolute Gasteiger partial charge is 0.234 e. The Kier molecular flexibility index (Phi) is 7.36. The average Bonchev–Trinajstić information content (AvgIpc) is 2.78. The lowest BCUT2D eigenvalue weighted by atomic mass is 9.69. The van der Waals surface area contributed by atoms with Gasteiger partial charge in [0.2, 0.25) is 5.91 Å². The number of halogens is 1. The molecule has 1 aliphatic heterocycles. The normalized spacial score (nSPS) is 18.9. The highest BCUT2D eigenvalue weighted by atomic mass is 35.5. The predicted octanol–water partition coefficient (Wildman–Crippen LogP) is 6.70. The number of rotatable bonds is 5. The fourth-order valence-corrected chi connectivity index (χ4v) is 6.16. The number of ketones is 1. The zero-order chi connectivity index (χ0) is 26.2. The summed E-state index contributed by atoms with van der Waals surface area (Å²) in [5, 5.41) is 17.8. The summed E-state index contributed by atoms with van der Waals surface area (Å²) >= 11 is 7.41. The van der Waals surface area contributed by atoms with Gasteiger partial charge in [-0.2, -0.15) is 5.26 Å². The number of hydrogen-bond acceptors (Lipinski definition) is 5. The van der Waals surface area contributed by atoms with Gasteiger partial charge in [-0.15, -0.1) is 0 Å². The molecule has 186 valence electrons. The van der Waals surface area contributed by atoms with Crippen molar-refractivity contribution in [3.63, 3.8) is 0 Å². The van der Waals surface area contributed by atoms with Gasteiger partial charge in [-0.25, -0.2) is 0 Å². The number of carbonyl (C=O) groups is 2. The van der Waals surface area contributed by atoms with Crippen LogP contribution in [0.3, 0.4) is 0 Å². The van der Waals surface area contributed by atoms with Crippen molar-refractivity contribution in [2.45, 2.75) is 53.4 Å². The van der Waals surface area contributed by atoms with E-state index in [0.717, 1.165) is 33.6 Å². The van der Waals surface area contributed by atoms with E-state index in [4.69, 9.17) is 11.6 Å². The minimum Gasteiger partial charge on any atom is -0.352 e. The lowest BCUT2D eigenvalue weighted by Crippen LogP contribution is -2.37. The Morgan fingerprint density at radius 1 is 1.17 bits per heavy atom. The van der Waals surface area contributed by atoms with Crippen LogP contribution in [0.25, 0.3) is 0 Å². The monoisotopic (exact) mass is 519 g/mol. The number of nitrogens with zero attached hydrogens (tertiary/aromatic N) is 1. The van der Waals surface area contributed by atoms with E-state index in [0.29, 0.717) is 34.0 Å². The van der Waals surface area contributed by atoms with Crippen LogP contribution in [0.15, 0.2) is 58.3 Å². The maximum atomic E-state index is 13.3. The fourth-order valence-electron chi connectivity index (χ4n) is 5.17. The number of amides is 1. The molecule has 2 aliphatic rings. The van der Waals surface area contributed by atoms with Crippen LogP contribution in [0.2, 0.25) is 5.02 Å². The molecule has 5 nitrogen and oxygen atoms in total. The summed E-state index contributed by atoms with van der Waals surface area (Å²) in [7, 11) is 0. The zero-order valence-corrected chi connectivity index (χ0v) is 22.8. The molecule has 1 aliphatic carbocycles. The summed E-state index contributed by atoms with van der Waals surface area (Å²) in [4.78, 5) is 26.2. The first-order valence-corrected chi connectivity index (χ1v) is 13.3.